The molecule has 1 aliphatic rings. The third kappa shape index (κ3) is 5.52. The number of hydrogen-bond acceptors (Lipinski definition) is 6. The lowest BCUT2D eigenvalue weighted by atomic mass is 10.2. The number of amides is 1. The van der Waals surface area contributed by atoms with Crippen molar-refractivity contribution in [1.82, 2.24) is 24.8 Å². The van der Waals surface area contributed by atoms with Gasteiger partial charge in [0.25, 0.3) is 5.91 Å². The number of piperazine rings is 1. The molecule has 3 aromatic rings. The van der Waals surface area contributed by atoms with Gasteiger partial charge in [-0.3, -0.25) is 14.6 Å². The van der Waals surface area contributed by atoms with Crippen LogP contribution in [0.5, 0.6) is 0 Å². The first-order chi connectivity index (χ1) is 15.5. The van der Waals surface area contributed by atoms with Crippen LogP contribution < -0.4 is 5.32 Å². The third-order valence-electron chi connectivity index (χ3n) is 5.30. The van der Waals surface area contributed by atoms with Crippen LogP contribution >= 0.6 is 0 Å². The van der Waals surface area contributed by atoms with Crippen LogP contribution in [0.4, 0.5) is 14.5 Å². The fraction of sp³-hybridized carbons (Fsp3) is 0.318. The van der Waals surface area contributed by atoms with Gasteiger partial charge in [0.2, 0.25) is 0 Å². The number of β-amino-alcohol motifs (C(OH)–C–C–N with tert-alkyl or cyclic N) is 1. The summed E-state index contributed by atoms with van der Waals surface area (Å²) in [6, 6.07) is 9.64. The number of nitrogens with one attached hydrogen (secondary N) is 1. The van der Waals surface area contributed by atoms with E-state index >= 15 is 0 Å². The van der Waals surface area contributed by atoms with E-state index in [1.807, 2.05) is 12.3 Å². The molecule has 0 bridgehead atoms. The van der Waals surface area contributed by atoms with Gasteiger partial charge in [0.1, 0.15) is 11.6 Å². The average molecular weight is 442 g/mol. The van der Waals surface area contributed by atoms with Gasteiger partial charge < -0.3 is 10.4 Å². The van der Waals surface area contributed by atoms with Gasteiger partial charge in [0, 0.05) is 56.6 Å². The van der Waals surface area contributed by atoms with Gasteiger partial charge in [0.15, 0.2) is 0 Å². The first-order valence-electron chi connectivity index (χ1n) is 10.3. The fourth-order valence-electron chi connectivity index (χ4n) is 3.65. The van der Waals surface area contributed by atoms with Crippen LogP contribution in [-0.2, 0) is 6.54 Å². The van der Waals surface area contributed by atoms with Crippen molar-refractivity contribution in [3.8, 4) is 5.69 Å². The molecular formula is C22H24F2N6O2. The average Bonchev–Trinajstić information content (AvgIpc) is 3.23. The van der Waals surface area contributed by atoms with Crippen LogP contribution in [0.1, 0.15) is 16.1 Å². The maximum Gasteiger partial charge on any atom is 0.255 e. The quantitative estimate of drug-likeness (QED) is 0.582. The van der Waals surface area contributed by atoms with Crippen molar-refractivity contribution in [2.24, 2.45) is 0 Å². The lowest BCUT2D eigenvalue weighted by molar-refractivity contribution is 0.102. The van der Waals surface area contributed by atoms with Gasteiger partial charge in [-0.05, 0) is 30.3 Å². The number of anilines is 1. The summed E-state index contributed by atoms with van der Waals surface area (Å²) in [5.74, 6) is -2.23. The summed E-state index contributed by atoms with van der Waals surface area (Å²) in [5.41, 5.74) is 1.88. The van der Waals surface area contributed by atoms with Crippen molar-refractivity contribution in [1.29, 1.82) is 0 Å². The van der Waals surface area contributed by atoms with Crippen LogP contribution in [0, 0.1) is 11.6 Å². The van der Waals surface area contributed by atoms with Crippen molar-refractivity contribution in [3.63, 3.8) is 0 Å². The molecule has 1 aliphatic heterocycles. The maximum absolute atomic E-state index is 13.4. The number of aliphatic hydroxyl groups is 1. The number of nitrogens with zero attached hydrogens (tertiary/aromatic N) is 5. The highest BCUT2D eigenvalue weighted by Gasteiger charge is 2.18. The zero-order valence-electron chi connectivity index (χ0n) is 17.4. The van der Waals surface area contributed by atoms with E-state index in [2.05, 4.69) is 25.4 Å². The zero-order valence-corrected chi connectivity index (χ0v) is 17.4. The van der Waals surface area contributed by atoms with Gasteiger partial charge >= 0.3 is 0 Å². The van der Waals surface area contributed by atoms with Crippen molar-refractivity contribution in [3.05, 3.63) is 71.6 Å². The molecule has 1 fully saturated rings. The summed E-state index contributed by atoms with van der Waals surface area (Å²) in [7, 11) is 0. The van der Waals surface area contributed by atoms with Crippen molar-refractivity contribution in [2.45, 2.75) is 6.54 Å². The lowest BCUT2D eigenvalue weighted by Crippen LogP contribution is -2.46. The van der Waals surface area contributed by atoms with E-state index < -0.39 is 17.5 Å². The van der Waals surface area contributed by atoms with E-state index in [4.69, 9.17) is 5.11 Å². The summed E-state index contributed by atoms with van der Waals surface area (Å²) in [6.07, 6.45) is 1.84. The highest BCUT2D eigenvalue weighted by molar-refractivity contribution is 6.04. The first-order valence-corrected chi connectivity index (χ1v) is 10.3. The van der Waals surface area contributed by atoms with Crippen LogP contribution in [0.15, 0.2) is 48.7 Å². The first kappa shape index (κ1) is 22.0. The molecule has 32 heavy (non-hydrogen) atoms. The van der Waals surface area contributed by atoms with Crippen LogP contribution in [0.2, 0.25) is 0 Å². The molecule has 0 radical (unpaired) electrons. The number of halogens is 2. The predicted octanol–water partition coefficient (Wildman–Crippen LogP) is 1.91. The molecule has 1 amide bonds. The van der Waals surface area contributed by atoms with Gasteiger partial charge in [-0.25, -0.2) is 13.5 Å². The van der Waals surface area contributed by atoms with E-state index in [-0.39, 0.29) is 12.2 Å². The van der Waals surface area contributed by atoms with Crippen LogP contribution in [-0.4, -0.2) is 75.1 Å². The van der Waals surface area contributed by atoms with Gasteiger partial charge in [-0.1, -0.05) is 11.3 Å². The number of benzene rings is 2. The van der Waals surface area contributed by atoms with E-state index in [0.717, 1.165) is 44.0 Å². The lowest BCUT2D eigenvalue weighted by Gasteiger charge is -2.33. The molecule has 2 aromatic carbocycles. The second-order valence-electron chi connectivity index (χ2n) is 7.66. The highest BCUT2D eigenvalue weighted by atomic mass is 19.1. The van der Waals surface area contributed by atoms with E-state index in [9.17, 15) is 13.6 Å². The summed E-state index contributed by atoms with van der Waals surface area (Å²) < 4.78 is 28.4. The Kier molecular flexibility index (Phi) is 6.84. The Morgan fingerprint density at radius 3 is 2.47 bits per heavy atom. The SMILES string of the molecule is O=C(Nc1cccc(-n2cc(CN3CCN(CCO)CC3)nn2)c1)c1cc(F)cc(F)c1. The summed E-state index contributed by atoms with van der Waals surface area (Å²) in [4.78, 5) is 16.9. The Hall–Kier alpha value is -3.21. The van der Waals surface area contributed by atoms with Crippen molar-refractivity contribution >= 4 is 11.6 Å². The Morgan fingerprint density at radius 2 is 1.75 bits per heavy atom. The van der Waals surface area contributed by atoms with Crippen LogP contribution in [0.25, 0.3) is 5.69 Å². The number of rotatable bonds is 7. The summed E-state index contributed by atoms with van der Waals surface area (Å²) in [6.45, 7) is 5.16. The molecule has 8 nitrogen and oxygen atoms in total. The molecule has 2 N–H and O–H groups in total. The number of hydrogen-bond donors (Lipinski definition) is 2. The minimum Gasteiger partial charge on any atom is -0.395 e. The molecule has 168 valence electrons. The molecule has 0 spiro atoms. The second-order valence-corrected chi connectivity index (χ2v) is 7.66. The predicted molar refractivity (Wildman–Crippen MR) is 114 cm³/mol. The maximum atomic E-state index is 13.4. The molecule has 1 saturated heterocycles. The van der Waals surface area contributed by atoms with Gasteiger partial charge in [-0.15, -0.1) is 5.10 Å². The third-order valence-corrected chi connectivity index (χ3v) is 5.30. The molecule has 0 saturated carbocycles. The standard InChI is InChI=1S/C22H24F2N6O2/c23-17-10-16(11-18(24)12-17)22(32)25-19-2-1-3-21(13-19)30-15-20(26-27-30)14-29-6-4-28(5-7-29)8-9-31/h1-3,10-13,15,31H,4-9,14H2,(H,25,32). The van der Waals surface area contributed by atoms with E-state index in [1.165, 1.54) is 0 Å². The fourth-order valence-corrected chi connectivity index (χ4v) is 3.65. The molecule has 4 rings (SSSR count). The van der Waals surface area contributed by atoms with Crippen LogP contribution in [0.3, 0.4) is 0 Å². The second kappa shape index (κ2) is 9.94. The highest BCUT2D eigenvalue weighted by Crippen LogP contribution is 2.17. The van der Waals surface area contributed by atoms with E-state index in [0.29, 0.717) is 30.5 Å². The minimum atomic E-state index is -0.811. The molecule has 2 heterocycles. The largest absolute Gasteiger partial charge is 0.395 e. The molecule has 1 aromatic heterocycles. The number of aromatic nitrogens is 3. The molecular weight excluding hydrogens is 418 g/mol. The minimum absolute atomic E-state index is 0.102. The topological polar surface area (TPSA) is 86.5 Å². The molecule has 0 aliphatic carbocycles. The summed E-state index contributed by atoms with van der Waals surface area (Å²) >= 11 is 0. The van der Waals surface area contributed by atoms with E-state index in [1.54, 1.807) is 22.9 Å². The van der Waals surface area contributed by atoms with Gasteiger partial charge in [0.05, 0.1) is 24.2 Å². The monoisotopic (exact) mass is 442 g/mol. The van der Waals surface area contributed by atoms with Gasteiger partial charge in [-0.2, -0.15) is 0 Å². The Morgan fingerprint density at radius 1 is 1.03 bits per heavy atom. The molecule has 0 unspecified atom stereocenters. The van der Waals surface area contributed by atoms with Crippen molar-refractivity contribution in [2.75, 3.05) is 44.6 Å². The van der Waals surface area contributed by atoms with Crippen molar-refractivity contribution < 1.29 is 18.7 Å². The Bertz CT molecular complexity index is 1060. The normalized spacial score (nSPS) is 15.1. The zero-order chi connectivity index (χ0) is 22.5. The number of carbonyl (C=O) groups is 1. The summed E-state index contributed by atoms with van der Waals surface area (Å²) in [5, 5.41) is 20.1. The molecule has 10 heteroatoms. The smallest absolute Gasteiger partial charge is 0.255 e. The number of carbonyl (C=O) groups excluding carboxylic acids is 1. The number of aliphatic hydroxyl groups excluding tert-OH is 1. The Balaban J connectivity index is 1.39. The Labute approximate surface area is 184 Å². The molecule has 0 atom stereocenters.